The molecule has 0 bridgehead atoms. The Morgan fingerprint density at radius 3 is 2.79 bits per heavy atom. The molecule has 0 saturated carbocycles. The van der Waals surface area contributed by atoms with E-state index in [9.17, 15) is 9.59 Å². The van der Waals surface area contributed by atoms with E-state index in [0.29, 0.717) is 12.1 Å². The Labute approximate surface area is 80.8 Å². The summed E-state index contributed by atoms with van der Waals surface area (Å²) in [7, 11) is 0. The van der Waals surface area contributed by atoms with E-state index < -0.39 is 6.09 Å². The maximum absolute atomic E-state index is 11.2. The predicted octanol–water partition coefficient (Wildman–Crippen LogP) is 1.30. The van der Waals surface area contributed by atoms with E-state index >= 15 is 0 Å². The summed E-state index contributed by atoms with van der Waals surface area (Å²) >= 11 is 0. The van der Waals surface area contributed by atoms with Crippen LogP contribution in [-0.4, -0.2) is 23.5 Å². The first-order valence-electron chi connectivity index (χ1n) is 4.28. The second kappa shape index (κ2) is 3.14. The van der Waals surface area contributed by atoms with Crippen LogP contribution in [0.25, 0.3) is 0 Å². The van der Waals surface area contributed by atoms with Gasteiger partial charge < -0.3 is 5.11 Å². The van der Waals surface area contributed by atoms with Gasteiger partial charge in [-0.3, -0.25) is 9.69 Å². The summed E-state index contributed by atoms with van der Waals surface area (Å²) in [6.45, 7) is -0.0354. The zero-order valence-corrected chi connectivity index (χ0v) is 7.43. The molecule has 0 aromatic heterocycles. The molecule has 72 valence electrons. The summed E-state index contributed by atoms with van der Waals surface area (Å²) in [5.41, 5.74) is 1.41. The van der Waals surface area contributed by atoms with E-state index in [1.54, 1.807) is 24.3 Å². The second-order valence-electron chi connectivity index (χ2n) is 3.21. The zero-order chi connectivity index (χ0) is 10.1. The average molecular weight is 191 g/mol. The Kier molecular flexibility index (Phi) is 1.96. The lowest BCUT2D eigenvalue weighted by molar-refractivity contribution is -0.117. The van der Waals surface area contributed by atoms with Gasteiger partial charge in [-0.15, -0.1) is 0 Å². The topological polar surface area (TPSA) is 57.6 Å². The molecule has 1 aromatic carbocycles. The van der Waals surface area contributed by atoms with Crippen LogP contribution < -0.4 is 4.90 Å². The number of hydrogen-bond acceptors (Lipinski definition) is 2. The zero-order valence-electron chi connectivity index (χ0n) is 7.43. The maximum Gasteiger partial charge on any atom is 0.412 e. The molecule has 0 radical (unpaired) electrons. The molecule has 14 heavy (non-hydrogen) atoms. The van der Waals surface area contributed by atoms with Crippen LogP contribution in [0.3, 0.4) is 0 Å². The Morgan fingerprint density at radius 1 is 1.36 bits per heavy atom. The van der Waals surface area contributed by atoms with Gasteiger partial charge in [-0.25, -0.2) is 4.79 Å². The van der Waals surface area contributed by atoms with E-state index in [0.717, 1.165) is 10.5 Å². The van der Waals surface area contributed by atoms with E-state index in [1.807, 2.05) is 0 Å². The van der Waals surface area contributed by atoms with E-state index in [1.165, 1.54) is 0 Å². The van der Waals surface area contributed by atoms with Crippen LogP contribution in [0.4, 0.5) is 10.5 Å². The number of carbonyl (C=O) groups is 2. The number of fused-ring (bicyclic) bond motifs is 1. The number of amides is 1. The van der Waals surface area contributed by atoms with E-state index in [4.69, 9.17) is 5.11 Å². The van der Waals surface area contributed by atoms with Gasteiger partial charge in [-0.1, -0.05) is 18.2 Å². The molecule has 0 atom stereocenters. The van der Waals surface area contributed by atoms with Crippen molar-refractivity contribution in [1.29, 1.82) is 0 Å². The van der Waals surface area contributed by atoms with Gasteiger partial charge in [-0.05, 0) is 11.6 Å². The Balaban J connectivity index is 2.48. The lowest BCUT2D eigenvalue weighted by Gasteiger charge is -2.25. The fourth-order valence-electron chi connectivity index (χ4n) is 1.62. The molecule has 1 heterocycles. The molecule has 1 aliphatic heterocycles. The summed E-state index contributed by atoms with van der Waals surface area (Å²) in [4.78, 5) is 23.2. The fourth-order valence-corrected chi connectivity index (χ4v) is 1.62. The van der Waals surface area contributed by atoms with Crippen LogP contribution >= 0.6 is 0 Å². The van der Waals surface area contributed by atoms with Crippen molar-refractivity contribution in [3.8, 4) is 0 Å². The number of ketones is 1. The van der Waals surface area contributed by atoms with Crippen molar-refractivity contribution in [1.82, 2.24) is 0 Å². The summed E-state index contributed by atoms with van der Waals surface area (Å²) in [6.07, 6.45) is -0.745. The molecule has 1 N–H and O–H groups in total. The Bertz CT molecular complexity index is 400. The average Bonchev–Trinajstić information content (AvgIpc) is 2.16. The summed E-state index contributed by atoms with van der Waals surface area (Å²) in [5, 5.41) is 8.88. The van der Waals surface area contributed by atoms with Crippen LogP contribution in [-0.2, 0) is 11.2 Å². The minimum absolute atomic E-state index is 0.0354. The molecule has 0 fully saturated rings. The number of nitrogens with zero attached hydrogens (tertiary/aromatic N) is 1. The van der Waals surface area contributed by atoms with Crippen molar-refractivity contribution in [3.63, 3.8) is 0 Å². The van der Waals surface area contributed by atoms with E-state index in [-0.39, 0.29) is 12.3 Å². The standard InChI is InChI=1S/C10H9NO3/c12-8-5-7-3-1-2-4-9(7)11(6-8)10(13)14/h1-4H,5-6H2,(H,13,14). The minimum Gasteiger partial charge on any atom is -0.465 e. The number of anilines is 1. The molecule has 1 amide bonds. The third kappa shape index (κ3) is 1.35. The third-order valence-corrected chi connectivity index (χ3v) is 2.24. The van der Waals surface area contributed by atoms with Crippen molar-refractivity contribution in [2.45, 2.75) is 6.42 Å². The monoisotopic (exact) mass is 191 g/mol. The number of hydrogen-bond donors (Lipinski definition) is 1. The molecular weight excluding hydrogens is 182 g/mol. The van der Waals surface area contributed by atoms with Gasteiger partial charge in [0.05, 0.1) is 12.2 Å². The first-order chi connectivity index (χ1) is 6.68. The molecule has 4 heteroatoms. The molecule has 1 aromatic rings. The highest BCUT2D eigenvalue weighted by Crippen LogP contribution is 2.24. The molecule has 0 unspecified atom stereocenters. The lowest BCUT2D eigenvalue weighted by atomic mass is 10.0. The lowest BCUT2D eigenvalue weighted by Crippen LogP contribution is -2.39. The fraction of sp³-hybridized carbons (Fsp3) is 0.200. The first kappa shape index (κ1) is 8.74. The number of benzene rings is 1. The minimum atomic E-state index is -1.08. The Hall–Kier alpha value is -1.84. The van der Waals surface area contributed by atoms with Gasteiger partial charge in [-0.2, -0.15) is 0 Å². The molecule has 0 saturated heterocycles. The van der Waals surface area contributed by atoms with Crippen molar-refractivity contribution in [2.24, 2.45) is 0 Å². The van der Waals surface area contributed by atoms with E-state index in [2.05, 4.69) is 0 Å². The number of carboxylic acid groups (broad SMARTS) is 1. The number of Topliss-reactive ketones (excluding diaryl/α,β-unsaturated/α-hetero) is 1. The van der Waals surface area contributed by atoms with Crippen LogP contribution in [0.15, 0.2) is 24.3 Å². The summed E-state index contributed by atoms with van der Waals surface area (Å²) in [6, 6.07) is 7.07. The van der Waals surface area contributed by atoms with Crippen molar-refractivity contribution in [3.05, 3.63) is 29.8 Å². The second-order valence-corrected chi connectivity index (χ2v) is 3.21. The Morgan fingerprint density at radius 2 is 2.07 bits per heavy atom. The van der Waals surface area contributed by atoms with Gasteiger partial charge >= 0.3 is 6.09 Å². The first-order valence-corrected chi connectivity index (χ1v) is 4.28. The van der Waals surface area contributed by atoms with Gasteiger partial charge in [0.1, 0.15) is 0 Å². The normalized spacial score (nSPS) is 15.1. The van der Waals surface area contributed by atoms with Crippen LogP contribution in [0.1, 0.15) is 5.56 Å². The molecular formula is C10H9NO3. The molecule has 4 nitrogen and oxygen atoms in total. The van der Waals surface area contributed by atoms with Gasteiger partial charge in [0.25, 0.3) is 0 Å². The summed E-state index contributed by atoms with van der Waals surface area (Å²) in [5.74, 6) is -0.0638. The number of carbonyl (C=O) groups excluding carboxylic acids is 1. The molecule has 0 spiro atoms. The summed E-state index contributed by atoms with van der Waals surface area (Å²) < 4.78 is 0. The van der Waals surface area contributed by atoms with Gasteiger partial charge in [0.15, 0.2) is 5.78 Å². The quantitative estimate of drug-likeness (QED) is 0.672. The molecule has 1 aliphatic rings. The van der Waals surface area contributed by atoms with Crippen LogP contribution in [0.5, 0.6) is 0 Å². The maximum atomic E-state index is 11.2. The molecule has 2 rings (SSSR count). The van der Waals surface area contributed by atoms with Crippen LogP contribution in [0, 0.1) is 0 Å². The predicted molar refractivity (Wildman–Crippen MR) is 50.5 cm³/mol. The van der Waals surface area contributed by atoms with Crippen molar-refractivity contribution < 1.29 is 14.7 Å². The van der Waals surface area contributed by atoms with Gasteiger partial charge in [0, 0.05) is 6.42 Å². The van der Waals surface area contributed by atoms with Crippen molar-refractivity contribution in [2.75, 3.05) is 11.4 Å². The highest BCUT2D eigenvalue weighted by atomic mass is 16.4. The highest BCUT2D eigenvalue weighted by molar-refractivity contribution is 6.00. The third-order valence-electron chi connectivity index (χ3n) is 2.24. The van der Waals surface area contributed by atoms with Crippen molar-refractivity contribution >= 4 is 17.6 Å². The highest BCUT2D eigenvalue weighted by Gasteiger charge is 2.25. The number of para-hydroxylation sites is 1. The SMILES string of the molecule is O=C1Cc2ccccc2N(C(=O)O)C1. The van der Waals surface area contributed by atoms with Gasteiger partial charge in [0.2, 0.25) is 0 Å². The van der Waals surface area contributed by atoms with Crippen LogP contribution in [0.2, 0.25) is 0 Å². The number of rotatable bonds is 0. The smallest absolute Gasteiger partial charge is 0.412 e. The largest absolute Gasteiger partial charge is 0.465 e. The molecule has 0 aliphatic carbocycles.